The van der Waals surface area contributed by atoms with Gasteiger partial charge in [0.05, 0.1) is 6.20 Å². The van der Waals surface area contributed by atoms with Crippen molar-refractivity contribution in [2.45, 2.75) is 0 Å². The molecular formula is C5HBr3N2O2. The lowest BCUT2D eigenvalue weighted by molar-refractivity contribution is 0.227. The standard InChI is InChI=1S/C5HBr3N2O2/c6-3-2(12-5(8)11)1-9-4(7)10-3/h1H. The third-order valence-corrected chi connectivity index (χ3v) is 1.98. The molecule has 1 rings (SSSR count). The lowest BCUT2D eigenvalue weighted by Gasteiger charge is -2.00. The third-order valence-electron chi connectivity index (χ3n) is 0.872. The SMILES string of the molecule is O=C(Br)Oc1cnc(Br)nc1Br. The van der Waals surface area contributed by atoms with Gasteiger partial charge in [0.2, 0.25) is 0 Å². The molecule has 4 nitrogen and oxygen atoms in total. The maximum absolute atomic E-state index is 10.5. The van der Waals surface area contributed by atoms with Gasteiger partial charge in [0.25, 0.3) is 0 Å². The first-order valence-electron chi connectivity index (χ1n) is 2.65. The van der Waals surface area contributed by atoms with Gasteiger partial charge in [-0.3, -0.25) is 0 Å². The van der Waals surface area contributed by atoms with E-state index in [1.807, 2.05) is 0 Å². The highest BCUT2D eigenvalue weighted by atomic mass is 79.9. The molecule has 0 aliphatic heterocycles. The first kappa shape index (κ1) is 10.1. The van der Waals surface area contributed by atoms with Crippen molar-refractivity contribution >= 4 is 52.7 Å². The van der Waals surface area contributed by atoms with Crippen molar-refractivity contribution in [1.29, 1.82) is 0 Å². The largest absolute Gasteiger partial charge is 0.414 e. The second kappa shape index (κ2) is 4.29. The van der Waals surface area contributed by atoms with E-state index >= 15 is 0 Å². The fourth-order valence-corrected chi connectivity index (χ4v) is 1.53. The maximum atomic E-state index is 10.5. The highest BCUT2D eigenvalue weighted by Crippen LogP contribution is 2.23. The number of hydrogen-bond donors (Lipinski definition) is 0. The lowest BCUT2D eigenvalue weighted by atomic mass is 10.6. The average molecular weight is 361 g/mol. The van der Waals surface area contributed by atoms with Gasteiger partial charge in [0.1, 0.15) is 0 Å². The van der Waals surface area contributed by atoms with Gasteiger partial charge >= 0.3 is 4.88 Å². The van der Waals surface area contributed by atoms with Gasteiger partial charge in [-0.15, -0.1) is 0 Å². The molecule has 0 atom stereocenters. The van der Waals surface area contributed by atoms with E-state index in [9.17, 15) is 4.79 Å². The molecule has 12 heavy (non-hydrogen) atoms. The predicted octanol–water partition coefficient (Wildman–Crippen LogP) is 2.90. The molecule has 0 aliphatic carbocycles. The smallest absolute Gasteiger partial charge is 0.380 e. The van der Waals surface area contributed by atoms with Crippen molar-refractivity contribution in [3.8, 4) is 5.75 Å². The van der Waals surface area contributed by atoms with Crippen molar-refractivity contribution in [2.24, 2.45) is 0 Å². The van der Waals surface area contributed by atoms with Crippen LogP contribution in [0.2, 0.25) is 0 Å². The van der Waals surface area contributed by atoms with Gasteiger partial charge in [-0.25, -0.2) is 14.8 Å². The summed E-state index contributed by atoms with van der Waals surface area (Å²) in [4.78, 5) is 17.5. The monoisotopic (exact) mass is 358 g/mol. The Labute approximate surface area is 93.1 Å². The molecule has 0 bridgehead atoms. The van der Waals surface area contributed by atoms with E-state index in [0.29, 0.717) is 9.34 Å². The van der Waals surface area contributed by atoms with Gasteiger partial charge in [-0.1, -0.05) is 0 Å². The van der Waals surface area contributed by atoms with Crippen LogP contribution < -0.4 is 4.74 Å². The second-order valence-electron chi connectivity index (χ2n) is 1.63. The zero-order valence-corrected chi connectivity index (χ0v) is 10.2. The van der Waals surface area contributed by atoms with Crippen LogP contribution in [-0.4, -0.2) is 14.8 Å². The third kappa shape index (κ3) is 2.80. The van der Waals surface area contributed by atoms with Crippen LogP contribution >= 0.6 is 47.8 Å². The maximum Gasteiger partial charge on any atom is 0.380 e. The van der Waals surface area contributed by atoms with Crippen molar-refractivity contribution in [3.05, 3.63) is 15.5 Å². The molecule has 0 fully saturated rings. The molecule has 0 aromatic carbocycles. The Balaban J connectivity index is 2.93. The van der Waals surface area contributed by atoms with Gasteiger partial charge < -0.3 is 4.74 Å². The van der Waals surface area contributed by atoms with Crippen LogP contribution in [0.25, 0.3) is 0 Å². The van der Waals surface area contributed by atoms with Gasteiger partial charge in [-0.05, 0) is 31.9 Å². The Morgan fingerprint density at radius 3 is 2.67 bits per heavy atom. The summed E-state index contributed by atoms with van der Waals surface area (Å²) in [6.07, 6.45) is 1.38. The average Bonchev–Trinajstić information content (AvgIpc) is 1.94. The summed E-state index contributed by atoms with van der Waals surface area (Å²) in [6.45, 7) is 0. The van der Waals surface area contributed by atoms with Gasteiger partial charge in [0.15, 0.2) is 15.1 Å². The van der Waals surface area contributed by atoms with Gasteiger partial charge in [0, 0.05) is 15.9 Å². The number of hydrogen-bond acceptors (Lipinski definition) is 4. The summed E-state index contributed by atoms with van der Waals surface area (Å²) in [5.74, 6) is 0.264. The van der Waals surface area contributed by atoms with Crippen LogP contribution in [0.1, 0.15) is 0 Å². The summed E-state index contributed by atoms with van der Waals surface area (Å²) in [6, 6.07) is 0. The lowest BCUT2D eigenvalue weighted by Crippen LogP contribution is -1.98. The Hall–Kier alpha value is -0.0100. The summed E-state index contributed by atoms with van der Waals surface area (Å²) in [5, 5.41) is 0. The van der Waals surface area contributed by atoms with Crippen LogP contribution in [0.4, 0.5) is 4.79 Å². The fraction of sp³-hybridized carbons (Fsp3) is 0. The quantitative estimate of drug-likeness (QED) is 0.439. The Morgan fingerprint density at radius 1 is 1.50 bits per heavy atom. The van der Waals surface area contributed by atoms with E-state index in [0.717, 1.165) is 0 Å². The van der Waals surface area contributed by atoms with E-state index in [1.165, 1.54) is 6.20 Å². The van der Waals surface area contributed by atoms with Gasteiger partial charge in [-0.2, -0.15) is 0 Å². The molecule has 1 aromatic rings. The molecule has 1 aromatic heterocycles. The second-order valence-corrected chi connectivity index (χ2v) is 3.74. The predicted molar refractivity (Wildman–Crippen MR) is 52.4 cm³/mol. The minimum Gasteiger partial charge on any atom is -0.414 e. The van der Waals surface area contributed by atoms with E-state index in [2.05, 4.69) is 62.5 Å². The number of halogens is 3. The molecule has 0 amide bonds. The number of aromatic nitrogens is 2. The molecule has 0 saturated heterocycles. The number of ether oxygens (including phenoxy) is 1. The van der Waals surface area contributed by atoms with Crippen molar-refractivity contribution in [3.63, 3.8) is 0 Å². The molecule has 0 unspecified atom stereocenters. The van der Waals surface area contributed by atoms with Crippen LogP contribution in [0, 0.1) is 0 Å². The molecule has 0 spiro atoms. The Bertz CT molecular complexity index is 318. The number of nitrogens with zero attached hydrogens (tertiary/aromatic N) is 2. The number of carbonyl (C=O) groups is 1. The molecule has 0 aliphatic rings. The molecule has 7 heteroatoms. The minimum atomic E-state index is -0.589. The van der Waals surface area contributed by atoms with Crippen LogP contribution in [0.5, 0.6) is 5.75 Å². The highest BCUT2D eigenvalue weighted by Gasteiger charge is 2.06. The Kier molecular flexibility index (Phi) is 3.60. The molecular weight excluding hydrogens is 360 g/mol. The zero-order chi connectivity index (χ0) is 9.14. The summed E-state index contributed by atoms with van der Waals surface area (Å²) >= 11 is 8.77. The Morgan fingerprint density at radius 2 is 2.17 bits per heavy atom. The number of carbonyl (C=O) groups excluding carboxylic acids is 1. The minimum absolute atomic E-state index is 0.264. The zero-order valence-electron chi connectivity index (χ0n) is 5.42. The van der Waals surface area contributed by atoms with E-state index in [-0.39, 0.29) is 5.75 Å². The summed E-state index contributed by atoms with van der Waals surface area (Å²) < 4.78 is 5.52. The van der Waals surface area contributed by atoms with Crippen molar-refractivity contribution < 1.29 is 9.53 Å². The van der Waals surface area contributed by atoms with Crippen LogP contribution in [0.3, 0.4) is 0 Å². The fourth-order valence-electron chi connectivity index (χ4n) is 0.485. The van der Waals surface area contributed by atoms with E-state index < -0.39 is 4.88 Å². The normalized spacial score (nSPS) is 9.58. The summed E-state index contributed by atoms with van der Waals surface area (Å²) in [7, 11) is 0. The highest BCUT2D eigenvalue weighted by molar-refractivity contribution is 9.18. The first-order valence-corrected chi connectivity index (χ1v) is 5.03. The molecule has 64 valence electrons. The molecule has 0 saturated carbocycles. The first-order chi connectivity index (χ1) is 5.59. The molecule has 1 heterocycles. The van der Waals surface area contributed by atoms with Crippen molar-refractivity contribution in [1.82, 2.24) is 9.97 Å². The number of rotatable bonds is 1. The van der Waals surface area contributed by atoms with Crippen LogP contribution in [0.15, 0.2) is 15.5 Å². The van der Waals surface area contributed by atoms with Crippen molar-refractivity contribution in [2.75, 3.05) is 0 Å². The summed E-state index contributed by atoms with van der Waals surface area (Å²) in [5.41, 5.74) is 0. The van der Waals surface area contributed by atoms with Crippen LogP contribution in [-0.2, 0) is 0 Å². The molecule has 0 radical (unpaired) electrons. The molecule has 0 N–H and O–H groups in total. The van der Waals surface area contributed by atoms with E-state index in [4.69, 9.17) is 0 Å². The van der Waals surface area contributed by atoms with E-state index in [1.54, 1.807) is 0 Å². The topological polar surface area (TPSA) is 52.1 Å².